The SMILES string of the molecule is N#CC1[C@@H]2CC3C[C@H]1CC(N)(C3)C2. The lowest BCUT2D eigenvalue weighted by atomic mass is 9.49. The van der Waals surface area contributed by atoms with E-state index in [1.165, 1.54) is 19.3 Å². The minimum Gasteiger partial charge on any atom is -0.325 e. The molecule has 70 valence electrons. The van der Waals surface area contributed by atoms with Gasteiger partial charge in [-0.05, 0) is 49.9 Å². The minimum atomic E-state index is 0.129. The lowest BCUT2D eigenvalue weighted by Crippen LogP contribution is -2.58. The maximum absolute atomic E-state index is 9.09. The van der Waals surface area contributed by atoms with E-state index in [1.807, 2.05) is 0 Å². The quantitative estimate of drug-likeness (QED) is 0.610. The molecule has 0 aromatic carbocycles. The molecule has 0 aromatic heterocycles. The van der Waals surface area contributed by atoms with Gasteiger partial charge in [-0.1, -0.05) is 0 Å². The second kappa shape index (κ2) is 2.27. The summed E-state index contributed by atoms with van der Waals surface area (Å²) >= 11 is 0. The molecule has 0 saturated heterocycles. The Morgan fingerprint density at radius 1 is 1.15 bits per heavy atom. The molecule has 0 heterocycles. The number of nitrogens with zero attached hydrogens (tertiary/aromatic N) is 1. The summed E-state index contributed by atoms with van der Waals surface area (Å²) in [6.07, 6.45) is 6.05. The Morgan fingerprint density at radius 3 is 2.23 bits per heavy atom. The number of rotatable bonds is 0. The van der Waals surface area contributed by atoms with Crippen LogP contribution in [0.4, 0.5) is 0 Å². The van der Waals surface area contributed by atoms with Crippen LogP contribution >= 0.6 is 0 Å². The van der Waals surface area contributed by atoms with E-state index < -0.39 is 0 Å². The summed E-state index contributed by atoms with van der Waals surface area (Å²) in [5, 5.41) is 9.09. The first kappa shape index (κ1) is 7.82. The van der Waals surface area contributed by atoms with Crippen LogP contribution in [0.2, 0.25) is 0 Å². The molecule has 5 atom stereocenters. The van der Waals surface area contributed by atoms with Gasteiger partial charge in [-0.25, -0.2) is 0 Å². The molecule has 4 bridgehead atoms. The van der Waals surface area contributed by atoms with Crippen molar-refractivity contribution in [3.8, 4) is 6.07 Å². The highest BCUT2D eigenvalue weighted by atomic mass is 14.8. The van der Waals surface area contributed by atoms with E-state index in [1.54, 1.807) is 0 Å². The third kappa shape index (κ3) is 0.971. The monoisotopic (exact) mass is 176 g/mol. The molecule has 2 heteroatoms. The van der Waals surface area contributed by atoms with Crippen LogP contribution in [0.5, 0.6) is 0 Å². The van der Waals surface area contributed by atoms with Crippen molar-refractivity contribution in [3.05, 3.63) is 0 Å². The van der Waals surface area contributed by atoms with Crippen LogP contribution in [0, 0.1) is 35.0 Å². The highest BCUT2D eigenvalue weighted by Gasteiger charge is 2.53. The molecule has 2 N–H and O–H groups in total. The lowest BCUT2D eigenvalue weighted by molar-refractivity contribution is -0.0298. The molecule has 4 aliphatic carbocycles. The van der Waals surface area contributed by atoms with E-state index >= 15 is 0 Å². The first-order chi connectivity index (χ1) is 6.20. The van der Waals surface area contributed by atoms with Crippen molar-refractivity contribution in [1.82, 2.24) is 0 Å². The molecule has 4 rings (SSSR count). The molecule has 2 nitrogen and oxygen atoms in total. The van der Waals surface area contributed by atoms with Crippen molar-refractivity contribution >= 4 is 0 Å². The summed E-state index contributed by atoms with van der Waals surface area (Å²) in [5.74, 6) is 2.47. The first-order valence-corrected chi connectivity index (χ1v) is 5.39. The molecular formula is C11H16N2. The molecule has 13 heavy (non-hydrogen) atoms. The molecule has 0 spiro atoms. The molecule has 4 saturated carbocycles. The summed E-state index contributed by atoms with van der Waals surface area (Å²) in [5.41, 5.74) is 6.46. The summed E-state index contributed by atoms with van der Waals surface area (Å²) in [6.45, 7) is 0. The molecule has 0 amide bonds. The molecular weight excluding hydrogens is 160 g/mol. The van der Waals surface area contributed by atoms with Crippen LogP contribution in [-0.4, -0.2) is 5.54 Å². The van der Waals surface area contributed by atoms with E-state index in [0.29, 0.717) is 17.8 Å². The fourth-order valence-corrected chi connectivity index (χ4v) is 4.30. The van der Waals surface area contributed by atoms with Gasteiger partial charge in [0.25, 0.3) is 0 Å². The van der Waals surface area contributed by atoms with Gasteiger partial charge in [-0.15, -0.1) is 0 Å². The Balaban J connectivity index is 1.95. The van der Waals surface area contributed by atoms with E-state index in [9.17, 15) is 0 Å². The van der Waals surface area contributed by atoms with Gasteiger partial charge in [0, 0.05) is 5.54 Å². The van der Waals surface area contributed by atoms with Crippen molar-refractivity contribution in [3.63, 3.8) is 0 Å². The maximum atomic E-state index is 9.09. The summed E-state index contributed by atoms with van der Waals surface area (Å²) in [6, 6.07) is 2.51. The second-order valence-electron chi connectivity index (χ2n) is 5.49. The van der Waals surface area contributed by atoms with Gasteiger partial charge >= 0.3 is 0 Å². The van der Waals surface area contributed by atoms with E-state index in [-0.39, 0.29) is 5.54 Å². The number of hydrogen-bond acceptors (Lipinski definition) is 2. The molecule has 4 fully saturated rings. The van der Waals surface area contributed by atoms with E-state index in [4.69, 9.17) is 11.0 Å². The smallest absolute Gasteiger partial charge is 0.0661 e. The minimum absolute atomic E-state index is 0.129. The zero-order chi connectivity index (χ0) is 9.05. The van der Waals surface area contributed by atoms with Crippen molar-refractivity contribution in [2.45, 2.75) is 37.6 Å². The van der Waals surface area contributed by atoms with Crippen molar-refractivity contribution in [2.75, 3.05) is 0 Å². The standard InChI is InChI=1S/C11H16N2/c12-6-10-8-1-7-2-9(10)5-11(13,3-7)4-8/h7-10H,1-5,13H2/t7?,8-,9+,10?,11?. The van der Waals surface area contributed by atoms with Crippen molar-refractivity contribution < 1.29 is 0 Å². The Labute approximate surface area is 79.1 Å². The molecule has 0 aliphatic heterocycles. The van der Waals surface area contributed by atoms with Gasteiger partial charge in [-0.2, -0.15) is 5.26 Å². The van der Waals surface area contributed by atoms with Gasteiger partial charge in [0.15, 0.2) is 0 Å². The van der Waals surface area contributed by atoms with Crippen LogP contribution in [0.15, 0.2) is 0 Å². The molecule has 3 unspecified atom stereocenters. The third-order valence-electron chi connectivity index (χ3n) is 4.47. The van der Waals surface area contributed by atoms with E-state index in [0.717, 1.165) is 18.8 Å². The molecule has 4 aliphatic rings. The fraction of sp³-hybridized carbons (Fsp3) is 0.909. The predicted molar refractivity (Wildman–Crippen MR) is 49.6 cm³/mol. The van der Waals surface area contributed by atoms with Gasteiger partial charge in [0.1, 0.15) is 0 Å². The summed E-state index contributed by atoms with van der Waals surface area (Å²) < 4.78 is 0. The normalized spacial score (nSPS) is 57.8. The zero-order valence-corrected chi connectivity index (χ0v) is 7.87. The second-order valence-corrected chi connectivity index (χ2v) is 5.49. The molecule has 0 radical (unpaired) electrons. The summed E-state index contributed by atoms with van der Waals surface area (Å²) in [7, 11) is 0. The third-order valence-corrected chi connectivity index (χ3v) is 4.47. The fourth-order valence-electron chi connectivity index (χ4n) is 4.30. The maximum Gasteiger partial charge on any atom is 0.0661 e. The van der Waals surface area contributed by atoms with Crippen LogP contribution in [0.25, 0.3) is 0 Å². The number of hydrogen-bond donors (Lipinski definition) is 1. The van der Waals surface area contributed by atoms with Crippen LogP contribution < -0.4 is 5.73 Å². The predicted octanol–water partition coefficient (Wildman–Crippen LogP) is 1.66. The average Bonchev–Trinajstić information content (AvgIpc) is 2.00. The molecule has 0 aromatic rings. The largest absolute Gasteiger partial charge is 0.325 e. The van der Waals surface area contributed by atoms with Gasteiger partial charge < -0.3 is 5.73 Å². The first-order valence-electron chi connectivity index (χ1n) is 5.39. The van der Waals surface area contributed by atoms with Gasteiger partial charge in [0.05, 0.1) is 12.0 Å². The Bertz CT molecular complexity index is 262. The van der Waals surface area contributed by atoms with Crippen LogP contribution in [0.3, 0.4) is 0 Å². The number of nitriles is 1. The van der Waals surface area contributed by atoms with Crippen LogP contribution in [0.1, 0.15) is 32.1 Å². The summed E-state index contributed by atoms with van der Waals surface area (Å²) in [4.78, 5) is 0. The number of nitrogens with two attached hydrogens (primary N) is 1. The highest BCUT2D eigenvalue weighted by molar-refractivity contribution is 5.12. The van der Waals surface area contributed by atoms with Crippen LogP contribution in [-0.2, 0) is 0 Å². The Hall–Kier alpha value is -0.550. The van der Waals surface area contributed by atoms with E-state index in [2.05, 4.69) is 6.07 Å². The Morgan fingerprint density at radius 2 is 1.77 bits per heavy atom. The highest BCUT2D eigenvalue weighted by Crippen LogP contribution is 2.57. The van der Waals surface area contributed by atoms with Crippen molar-refractivity contribution in [1.29, 1.82) is 5.26 Å². The lowest BCUT2D eigenvalue weighted by Gasteiger charge is -2.57. The van der Waals surface area contributed by atoms with Gasteiger partial charge in [-0.3, -0.25) is 0 Å². The zero-order valence-electron chi connectivity index (χ0n) is 7.87. The van der Waals surface area contributed by atoms with Crippen molar-refractivity contribution in [2.24, 2.45) is 29.4 Å². The average molecular weight is 176 g/mol. The topological polar surface area (TPSA) is 49.8 Å². The Kier molecular flexibility index (Phi) is 1.37. The van der Waals surface area contributed by atoms with Gasteiger partial charge in [0.2, 0.25) is 0 Å².